The van der Waals surface area contributed by atoms with E-state index in [1.807, 2.05) is 18.2 Å². The topological polar surface area (TPSA) is 92.8 Å². The lowest BCUT2D eigenvalue weighted by Crippen LogP contribution is -2.34. The number of ether oxygens (including phenoxy) is 1. The fourth-order valence-corrected chi connectivity index (χ4v) is 4.23. The van der Waals surface area contributed by atoms with Crippen molar-refractivity contribution in [2.75, 3.05) is 20.7 Å². The van der Waals surface area contributed by atoms with Crippen molar-refractivity contribution in [3.63, 3.8) is 0 Å². The van der Waals surface area contributed by atoms with E-state index >= 15 is 0 Å². The second-order valence-corrected chi connectivity index (χ2v) is 9.25. The fraction of sp³-hybridized carbons (Fsp3) is 0.333. The van der Waals surface area contributed by atoms with Gasteiger partial charge in [-0.2, -0.15) is 0 Å². The first-order chi connectivity index (χ1) is 13.8. The van der Waals surface area contributed by atoms with Crippen LogP contribution in [0.4, 0.5) is 0 Å². The third kappa shape index (κ3) is 4.83. The highest BCUT2D eigenvalue weighted by atomic mass is 32.2. The largest absolute Gasteiger partial charge is 0.452 e. The van der Waals surface area contributed by atoms with E-state index in [0.29, 0.717) is 0 Å². The van der Waals surface area contributed by atoms with E-state index in [0.717, 1.165) is 29.1 Å². The molecule has 2 aromatic carbocycles. The average Bonchev–Trinajstić information content (AvgIpc) is 2.72. The van der Waals surface area contributed by atoms with E-state index < -0.39 is 22.6 Å². The Bertz CT molecular complexity index is 1000. The zero-order valence-corrected chi connectivity index (χ0v) is 17.2. The molecule has 0 aliphatic heterocycles. The summed E-state index contributed by atoms with van der Waals surface area (Å²) in [5.41, 5.74) is 2.52. The van der Waals surface area contributed by atoms with Crippen LogP contribution in [0.2, 0.25) is 0 Å². The van der Waals surface area contributed by atoms with Crippen molar-refractivity contribution in [2.45, 2.75) is 30.2 Å². The van der Waals surface area contributed by atoms with E-state index in [1.54, 1.807) is 0 Å². The Morgan fingerprint density at radius 1 is 1.10 bits per heavy atom. The molecule has 7 nitrogen and oxygen atoms in total. The maximum absolute atomic E-state index is 12.2. The second-order valence-electron chi connectivity index (χ2n) is 7.10. The predicted octanol–water partition coefficient (Wildman–Crippen LogP) is 2.29. The van der Waals surface area contributed by atoms with Crippen LogP contribution in [0.5, 0.6) is 0 Å². The van der Waals surface area contributed by atoms with E-state index in [9.17, 15) is 18.0 Å². The lowest BCUT2D eigenvalue weighted by molar-refractivity contribution is -0.125. The molecular formula is C21H24N2O5S. The Hall–Kier alpha value is -2.71. The third-order valence-electron chi connectivity index (χ3n) is 4.91. The summed E-state index contributed by atoms with van der Waals surface area (Å²) in [5, 5.41) is 2.92. The summed E-state index contributed by atoms with van der Waals surface area (Å²) in [6.07, 6.45) is 2.83. The molecule has 1 aliphatic rings. The zero-order chi connectivity index (χ0) is 21.0. The molecule has 8 heteroatoms. The van der Waals surface area contributed by atoms with Crippen LogP contribution in [0.25, 0.3) is 0 Å². The number of aryl methyl sites for hydroxylation is 1. The molecule has 2 aromatic rings. The van der Waals surface area contributed by atoms with Gasteiger partial charge in [-0.3, -0.25) is 4.79 Å². The molecule has 0 unspecified atom stereocenters. The molecule has 0 heterocycles. The molecule has 0 radical (unpaired) electrons. The highest BCUT2D eigenvalue weighted by Crippen LogP contribution is 2.29. The Kier molecular flexibility index (Phi) is 6.34. The molecule has 3 rings (SSSR count). The molecule has 0 saturated heterocycles. The average molecular weight is 416 g/mol. The van der Waals surface area contributed by atoms with Crippen LogP contribution < -0.4 is 5.32 Å². The van der Waals surface area contributed by atoms with Crippen molar-refractivity contribution in [2.24, 2.45) is 0 Å². The quantitative estimate of drug-likeness (QED) is 0.730. The molecule has 0 fully saturated rings. The van der Waals surface area contributed by atoms with Gasteiger partial charge in [0.1, 0.15) is 0 Å². The van der Waals surface area contributed by atoms with Gasteiger partial charge in [0.25, 0.3) is 5.91 Å². The van der Waals surface area contributed by atoms with Crippen LogP contribution in [0.1, 0.15) is 40.4 Å². The summed E-state index contributed by atoms with van der Waals surface area (Å²) < 4.78 is 30.3. The SMILES string of the molecule is CN(C)S(=O)(=O)c1ccc(C(=O)OCC(=O)N[C@@H]2CCCc3ccccc32)cc1. The smallest absolute Gasteiger partial charge is 0.338 e. The van der Waals surface area contributed by atoms with Crippen molar-refractivity contribution in [1.82, 2.24) is 9.62 Å². The summed E-state index contributed by atoms with van der Waals surface area (Å²) in [7, 11) is -0.706. The summed E-state index contributed by atoms with van der Waals surface area (Å²) >= 11 is 0. The lowest BCUT2D eigenvalue weighted by atomic mass is 9.88. The zero-order valence-electron chi connectivity index (χ0n) is 16.4. The molecule has 1 N–H and O–H groups in total. The van der Waals surface area contributed by atoms with Gasteiger partial charge in [0.15, 0.2) is 6.61 Å². The van der Waals surface area contributed by atoms with Gasteiger partial charge in [0.2, 0.25) is 10.0 Å². The molecule has 0 saturated carbocycles. The Morgan fingerprint density at radius 3 is 2.48 bits per heavy atom. The summed E-state index contributed by atoms with van der Waals surface area (Å²) in [4.78, 5) is 24.5. The normalized spacial score (nSPS) is 16.2. The summed E-state index contributed by atoms with van der Waals surface area (Å²) in [6, 6.07) is 13.3. The highest BCUT2D eigenvalue weighted by molar-refractivity contribution is 7.89. The number of carbonyl (C=O) groups is 2. The fourth-order valence-electron chi connectivity index (χ4n) is 3.33. The van der Waals surface area contributed by atoms with E-state index in [4.69, 9.17) is 4.74 Å². The third-order valence-corrected chi connectivity index (χ3v) is 6.74. The molecule has 0 spiro atoms. The van der Waals surface area contributed by atoms with Crippen molar-refractivity contribution in [3.8, 4) is 0 Å². The second kappa shape index (κ2) is 8.75. The molecule has 1 aliphatic carbocycles. The van der Waals surface area contributed by atoms with Crippen LogP contribution in [0.15, 0.2) is 53.4 Å². The van der Waals surface area contributed by atoms with Gasteiger partial charge in [-0.25, -0.2) is 17.5 Å². The first-order valence-corrected chi connectivity index (χ1v) is 10.8. The lowest BCUT2D eigenvalue weighted by Gasteiger charge is -2.26. The summed E-state index contributed by atoms with van der Waals surface area (Å²) in [6.45, 7) is -0.394. The molecule has 29 heavy (non-hydrogen) atoms. The van der Waals surface area contributed by atoms with Crippen LogP contribution in [-0.4, -0.2) is 45.3 Å². The number of hydrogen-bond acceptors (Lipinski definition) is 5. The van der Waals surface area contributed by atoms with Gasteiger partial charge in [-0.15, -0.1) is 0 Å². The van der Waals surface area contributed by atoms with Crippen molar-refractivity contribution in [3.05, 3.63) is 65.2 Å². The van der Waals surface area contributed by atoms with Gasteiger partial charge < -0.3 is 10.1 Å². The number of nitrogens with one attached hydrogen (secondary N) is 1. The molecule has 0 bridgehead atoms. The molecule has 1 atom stereocenters. The van der Waals surface area contributed by atoms with E-state index in [1.165, 1.54) is 43.9 Å². The van der Waals surface area contributed by atoms with Crippen molar-refractivity contribution < 1.29 is 22.7 Å². The first kappa shape index (κ1) is 21.0. The van der Waals surface area contributed by atoms with Crippen LogP contribution in [0.3, 0.4) is 0 Å². The number of rotatable bonds is 6. The standard InChI is InChI=1S/C21H24N2O5S/c1-23(2)29(26,27)17-12-10-16(11-13-17)21(25)28-14-20(24)22-19-9-5-7-15-6-3-4-8-18(15)19/h3-4,6,8,10-13,19H,5,7,9,14H2,1-2H3,(H,22,24)/t19-/m1/s1. The Labute approximate surface area is 170 Å². The monoisotopic (exact) mass is 416 g/mol. The molecule has 0 aromatic heterocycles. The number of fused-ring (bicyclic) bond motifs is 1. The van der Waals surface area contributed by atoms with Crippen molar-refractivity contribution >= 4 is 21.9 Å². The van der Waals surface area contributed by atoms with Gasteiger partial charge in [0, 0.05) is 14.1 Å². The minimum Gasteiger partial charge on any atom is -0.452 e. The first-order valence-electron chi connectivity index (χ1n) is 9.36. The van der Waals surface area contributed by atoms with Crippen LogP contribution >= 0.6 is 0 Å². The number of hydrogen-bond donors (Lipinski definition) is 1. The number of esters is 1. The van der Waals surface area contributed by atoms with Crippen LogP contribution in [0, 0.1) is 0 Å². The van der Waals surface area contributed by atoms with Gasteiger partial charge in [-0.05, 0) is 54.7 Å². The highest BCUT2D eigenvalue weighted by Gasteiger charge is 2.22. The molecular weight excluding hydrogens is 392 g/mol. The minimum atomic E-state index is -3.57. The van der Waals surface area contributed by atoms with Gasteiger partial charge >= 0.3 is 5.97 Å². The van der Waals surface area contributed by atoms with E-state index in [2.05, 4.69) is 11.4 Å². The number of benzene rings is 2. The Balaban J connectivity index is 1.56. The van der Waals surface area contributed by atoms with Gasteiger partial charge in [-0.1, -0.05) is 24.3 Å². The molecule has 154 valence electrons. The maximum atomic E-state index is 12.2. The summed E-state index contributed by atoms with van der Waals surface area (Å²) in [5.74, 6) is -1.05. The number of nitrogens with zero attached hydrogens (tertiary/aromatic N) is 1. The number of sulfonamides is 1. The van der Waals surface area contributed by atoms with Crippen LogP contribution in [-0.2, 0) is 26.0 Å². The Morgan fingerprint density at radius 2 is 1.79 bits per heavy atom. The number of amides is 1. The minimum absolute atomic E-state index is 0.0766. The predicted molar refractivity (Wildman–Crippen MR) is 108 cm³/mol. The molecule has 1 amide bonds. The van der Waals surface area contributed by atoms with Crippen molar-refractivity contribution in [1.29, 1.82) is 0 Å². The maximum Gasteiger partial charge on any atom is 0.338 e. The van der Waals surface area contributed by atoms with E-state index in [-0.39, 0.29) is 22.4 Å². The van der Waals surface area contributed by atoms with Gasteiger partial charge in [0.05, 0.1) is 16.5 Å². The number of carbonyl (C=O) groups excluding carboxylic acids is 2.